The van der Waals surface area contributed by atoms with Gasteiger partial charge in [-0.05, 0) is 122 Å². The third-order valence-electron chi connectivity index (χ3n) is 12.7. The fraction of sp³-hybridized carbons (Fsp3) is 0.682. The standard InChI is InChI=1S/C66H111O11P/c1-4-7-10-13-16-19-22-25-28-30-31-33-36-39-42-45-48-51-54-57-66(70)77-63(59-73-64(68)55-52-49-46-43-40-37-35-32-29-26-23-20-17-14-11-8-5-2)61-75-78(71,72)74-60-62(58-67)76-65(69)56-53-50-47-44-41-38-34-27-24-21-18-15-12-9-6-3/h7,9-10,12,16,18-19,21,25-29,31,33-34,39,42,62-63,67H,4-6,8,11,13-15,17,20,22-24,30,32,35-38,40-41,43-61H2,1-3H3,(H,71,72)/b10-7-,12-9-,19-16-,21-18-,28-25-,29-26-,33-31-,34-27-,42-39-. The second-order valence-electron chi connectivity index (χ2n) is 20.1. The Morgan fingerprint density at radius 3 is 1.05 bits per heavy atom. The molecule has 11 nitrogen and oxygen atoms in total. The maximum atomic E-state index is 12.9. The van der Waals surface area contributed by atoms with Crippen LogP contribution < -0.4 is 0 Å². The van der Waals surface area contributed by atoms with Crippen LogP contribution in [0.1, 0.15) is 252 Å². The number of phosphoric acid groups is 1. The van der Waals surface area contributed by atoms with Gasteiger partial charge in [0.2, 0.25) is 0 Å². The average Bonchev–Trinajstić information content (AvgIpc) is 3.43. The van der Waals surface area contributed by atoms with E-state index in [1.54, 1.807) is 0 Å². The Hall–Kier alpha value is -3.86. The van der Waals surface area contributed by atoms with Crippen molar-refractivity contribution in [1.82, 2.24) is 0 Å². The Morgan fingerprint density at radius 1 is 0.372 bits per heavy atom. The number of esters is 3. The van der Waals surface area contributed by atoms with Gasteiger partial charge in [0.15, 0.2) is 6.10 Å². The molecule has 0 aromatic carbocycles. The lowest BCUT2D eigenvalue weighted by molar-refractivity contribution is -0.161. The highest BCUT2D eigenvalue weighted by Crippen LogP contribution is 2.43. The minimum atomic E-state index is -4.77. The second kappa shape index (κ2) is 59.3. The fourth-order valence-corrected chi connectivity index (χ4v) is 8.82. The molecule has 3 unspecified atom stereocenters. The van der Waals surface area contributed by atoms with E-state index in [0.717, 1.165) is 128 Å². The lowest BCUT2D eigenvalue weighted by atomic mass is 10.1. The molecule has 0 aliphatic rings. The first kappa shape index (κ1) is 74.1. The molecular weight excluding hydrogens is 1000 g/mol. The molecule has 0 rings (SSSR count). The highest BCUT2D eigenvalue weighted by Gasteiger charge is 2.28. The van der Waals surface area contributed by atoms with Gasteiger partial charge in [0, 0.05) is 19.3 Å². The zero-order valence-electron chi connectivity index (χ0n) is 49.3. The Labute approximate surface area is 475 Å². The summed E-state index contributed by atoms with van der Waals surface area (Å²) < 4.78 is 39.6. The van der Waals surface area contributed by atoms with Gasteiger partial charge in [-0.2, -0.15) is 0 Å². The molecule has 0 bridgehead atoms. The van der Waals surface area contributed by atoms with Crippen molar-refractivity contribution in [2.75, 3.05) is 26.4 Å². The van der Waals surface area contributed by atoms with E-state index >= 15 is 0 Å². The van der Waals surface area contributed by atoms with Gasteiger partial charge >= 0.3 is 25.7 Å². The first-order valence-corrected chi connectivity index (χ1v) is 32.3. The van der Waals surface area contributed by atoms with Gasteiger partial charge in [-0.1, -0.05) is 220 Å². The van der Waals surface area contributed by atoms with Crippen LogP contribution in [0.4, 0.5) is 0 Å². The number of hydrogen-bond donors (Lipinski definition) is 2. The minimum Gasteiger partial charge on any atom is -0.462 e. The predicted molar refractivity (Wildman–Crippen MR) is 325 cm³/mol. The first-order chi connectivity index (χ1) is 38.2. The van der Waals surface area contributed by atoms with Crippen molar-refractivity contribution in [3.05, 3.63) is 109 Å². The van der Waals surface area contributed by atoms with Crippen LogP contribution in [0.3, 0.4) is 0 Å². The van der Waals surface area contributed by atoms with Crippen LogP contribution in [0.15, 0.2) is 109 Å². The van der Waals surface area contributed by atoms with Gasteiger partial charge in [-0.25, -0.2) is 4.57 Å². The summed E-state index contributed by atoms with van der Waals surface area (Å²) in [5.41, 5.74) is 0. The number of phosphoric ester groups is 1. The number of rotatable bonds is 56. The van der Waals surface area contributed by atoms with E-state index in [1.807, 2.05) is 0 Å². The van der Waals surface area contributed by atoms with E-state index in [2.05, 4.69) is 130 Å². The summed E-state index contributed by atoms with van der Waals surface area (Å²) in [7, 11) is -4.77. The Bertz CT molecular complexity index is 1720. The smallest absolute Gasteiger partial charge is 0.462 e. The van der Waals surface area contributed by atoms with Crippen LogP contribution in [0.5, 0.6) is 0 Å². The molecule has 0 aromatic heterocycles. The third-order valence-corrected chi connectivity index (χ3v) is 13.6. The zero-order chi connectivity index (χ0) is 56.9. The van der Waals surface area contributed by atoms with E-state index in [9.17, 15) is 28.9 Å². The van der Waals surface area contributed by atoms with Crippen LogP contribution in [-0.4, -0.2) is 66.5 Å². The summed E-state index contributed by atoms with van der Waals surface area (Å²) in [6, 6.07) is 0. The molecule has 2 N–H and O–H groups in total. The SMILES string of the molecule is CC/C=C\C/C=C\C/C=C\C/C=C\C/C=C\CCCCCC(=O)OC(COC(=O)CCCCCCCCC/C=C\CCCCCCCC)COP(=O)(O)OCC(CO)OC(=O)CCCCCCC/C=C\C/C=C\C/C=C\CC. The van der Waals surface area contributed by atoms with Crippen LogP contribution >= 0.6 is 7.82 Å². The van der Waals surface area contributed by atoms with Crippen LogP contribution in [-0.2, 0) is 42.2 Å². The second-order valence-corrected chi connectivity index (χ2v) is 21.6. The summed E-state index contributed by atoms with van der Waals surface area (Å²) in [6.07, 6.45) is 71.8. The highest BCUT2D eigenvalue weighted by molar-refractivity contribution is 7.47. The quantitative estimate of drug-likeness (QED) is 0.0197. The monoisotopic (exact) mass is 1110 g/mol. The summed E-state index contributed by atoms with van der Waals surface area (Å²) in [5, 5.41) is 9.83. The van der Waals surface area contributed by atoms with Crippen molar-refractivity contribution < 1.29 is 52.2 Å². The lowest BCUT2D eigenvalue weighted by Crippen LogP contribution is -2.30. The molecule has 0 fully saturated rings. The number of unbranched alkanes of at least 4 members (excludes halogenated alkanes) is 21. The van der Waals surface area contributed by atoms with Gasteiger partial charge in [0.25, 0.3) is 0 Å². The van der Waals surface area contributed by atoms with Gasteiger partial charge in [0.05, 0.1) is 19.8 Å². The minimum absolute atomic E-state index is 0.122. The average molecular weight is 1110 g/mol. The van der Waals surface area contributed by atoms with Crippen LogP contribution in [0, 0.1) is 0 Å². The predicted octanol–water partition coefficient (Wildman–Crippen LogP) is 18.6. The molecule has 0 saturated heterocycles. The maximum Gasteiger partial charge on any atom is 0.472 e. The topological polar surface area (TPSA) is 155 Å². The summed E-state index contributed by atoms with van der Waals surface area (Å²) in [6.45, 7) is 4.36. The van der Waals surface area contributed by atoms with Gasteiger partial charge < -0.3 is 24.2 Å². The molecule has 0 amide bonds. The van der Waals surface area contributed by atoms with Crippen LogP contribution in [0.25, 0.3) is 0 Å². The number of aliphatic hydroxyl groups excluding tert-OH is 1. The number of allylic oxidation sites excluding steroid dienone is 18. The number of hydrogen-bond acceptors (Lipinski definition) is 10. The molecule has 446 valence electrons. The Balaban J connectivity index is 4.81. The summed E-state index contributed by atoms with van der Waals surface area (Å²) in [4.78, 5) is 48.7. The van der Waals surface area contributed by atoms with Crippen LogP contribution in [0.2, 0.25) is 0 Å². The maximum absolute atomic E-state index is 12.9. The van der Waals surface area contributed by atoms with Crippen molar-refractivity contribution in [3.63, 3.8) is 0 Å². The Morgan fingerprint density at radius 2 is 0.667 bits per heavy atom. The van der Waals surface area contributed by atoms with Gasteiger partial charge in [-0.15, -0.1) is 0 Å². The van der Waals surface area contributed by atoms with Crippen molar-refractivity contribution in [2.24, 2.45) is 0 Å². The normalized spacial score (nSPS) is 14.1. The fourth-order valence-electron chi connectivity index (χ4n) is 8.04. The summed E-state index contributed by atoms with van der Waals surface area (Å²) in [5.74, 6) is -1.53. The molecule has 0 radical (unpaired) electrons. The third kappa shape index (κ3) is 56.8. The van der Waals surface area contributed by atoms with E-state index in [0.29, 0.717) is 19.3 Å². The number of carbonyl (C=O) groups excluding carboxylic acids is 3. The van der Waals surface area contributed by atoms with Crippen molar-refractivity contribution in [3.8, 4) is 0 Å². The number of ether oxygens (including phenoxy) is 3. The molecule has 0 saturated carbocycles. The molecule has 0 aliphatic heterocycles. The molecule has 0 heterocycles. The lowest BCUT2D eigenvalue weighted by Gasteiger charge is -2.21. The molecule has 0 aromatic rings. The van der Waals surface area contributed by atoms with Crippen molar-refractivity contribution in [2.45, 2.75) is 264 Å². The highest BCUT2D eigenvalue weighted by atomic mass is 31.2. The molecule has 12 heteroatoms. The van der Waals surface area contributed by atoms with E-state index < -0.39 is 57.8 Å². The van der Waals surface area contributed by atoms with Crippen molar-refractivity contribution >= 4 is 25.7 Å². The largest absolute Gasteiger partial charge is 0.472 e. The zero-order valence-corrected chi connectivity index (χ0v) is 50.2. The molecule has 0 aliphatic carbocycles. The van der Waals surface area contributed by atoms with Gasteiger partial charge in [0.1, 0.15) is 12.7 Å². The summed E-state index contributed by atoms with van der Waals surface area (Å²) >= 11 is 0. The molecule has 78 heavy (non-hydrogen) atoms. The van der Waals surface area contributed by atoms with E-state index in [-0.39, 0.29) is 25.9 Å². The van der Waals surface area contributed by atoms with E-state index in [4.69, 9.17) is 23.3 Å². The van der Waals surface area contributed by atoms with Gasteiger partial charge in [-0.3, -0.25) is 23.4 Å². The number of carbonyl (C=O) groups is 3. The van der Waals surface area contributed by atoms with E-state index in [1.165, 1.54) is 64.2 Å². The molecule has 3 atom stereocenters. The van der Waals surface area contributed by atoms with Crippen molar-refractivity contribution in [1.29, 1.82) is 0 Å². The number of aliphatic hydroxyl groups is 1. The first-order valence-electron chi connectivity index (χ1n) is 30.8. The Kier molecular flexibility index (Phi) is 56.3. The molecule has 0 spiro atoms. The molecular formula is C66H111O11P.